The van der Waals surface area contributed by atoms with E-state index in [0.29, 0.717) is 33.9 Å². The van der Waals surface area contributed by atoms with Gasteiger partial charge >= 0.3 is 0 Å². The van der Waals surface area contributed by atoms with Gasteiger partial charge in [0.25, 0.3) is 0 Å². The third-order valence-electron chi connectivity index (χ3n) is 6.13. The Bertz CT molecular complexity index is 1730. The van der Waals surface area contributed by atoms with Crippen LogP contribution >= 0.6 is 11.6 Å². The van der Waals surface area contributed by atoms with Gasteiger partial charge in [0.2, 0.25) is 11.8 Å². The van der Waals surface area contributed by atoms with E-state index in [1.165, 1.54) is 0 Å². The van der Waals surface area contributed by atoms with Crippen molar-refractivity contribution < 1.29 is 4.74 Å². The van der Waals surface area contributed by atoms with Crippen molar-refractivity contribution in [3.63, 3.8) is 0 Å². The Morgan fingerprint density at radius 1 is 1.06 bits per heavy atom. The quantitative estimate of drug-likeness (QED) is 0.389. The minimum Gasteiger partial charge on any atom is -0.418 e. The minimum absolute atomic E-state index is 0.221. The van der Waals surface area contributed by atoms with Gasteiger partial charge in [-0.1, -0.05) is 23.7 Å². The van der Waals surface area contributed by atoms with E-state index in [-0.39, 0.29) is 5.92 Å². The van der Waals surface area contributed by atoms with Gasteiger partial charge in [0.15, 0.2) is 11.5 Å². The van der Waals surface area contributed by atoms with Crippen molar-refractivity contribution >= 4 is 17.2 Å². The third-order valence-corrected chi connectivity index (χ3v) is 6.39. The first-order valence-corrected chi connectivity index (χ1v) is 11.2. The largest absolute Gasteiger partial charge is 0.418 e. The predicted octanol–water partition coefficient (Wildman–Crippen LogP) is 3.89. The maximum atomic E-state index is 6.06. The molecule has 0 amide bonds. The zero-order valence-corrected chi connectivity index (χ0v) is 19.3. The Morgan fingerprint density at radius 3 is 2.71 bits per heavy atom. The van der Waals surface area contributed by atoms with Gasteiger partial charge in [-0.15, -0.1) is 10.2 Å². The lowest BCUT2D eigenvalue weighted by Crippen LogP contribution is -2.14. The number of aryl methyl sites for hydroxylation is 2. The van der Waals surface area contributed by atoms with E-state index < -0.39 is 0 Å². The highest BCUT2D eigenvalue weighted by atomic mass is 35.5. The molecule has 6 aromatic rings. The highest BCUT2D eigenvalue weighted by Gasteiger charge is 2.37. The van der Waals surface area contributed by atoms with Gasteiger partial charge in [-0.05, 0) is 25.1 Å². The van der Waals surface area contributed by atoms with Crippen LogP contribution in [0.2, 0.25) is 5.02 Å². The Hall–Kier alpha value is -4.51. The van der Waals surface area contributed by atoms with E-state index in [0.717, 1.165) is 33.6 Å². The van der Waals surface area contributed by atoms with Crippen LogP contribution in [0, 0.1) is 6.92 Å². The number of nitrogens with zero attached hydrogens (tertiary/aromatic N) is 8. The van der Waals surface area contributed by atoms with Crippen molar-refractivity contribution in [1.29, 1.82) is 0 Å². The maximum absolute atomic E-state index is 6.06. The number of fused-ring (bicyclic) bond motifs is 4. The number of hydrogen-bond acceptors (Lipinski definition) is 7. The number of halogens is 1. The molecule has 1 aliphatic rings. The molecule has 12 heteroatoms. The van der Waals surface area contributed by atoms with Gasteiger partial charge in [-0.3, -0.25) is 14.9 Å². The number of aromatic nitrogens is 10. The van der Waals surface area contributed by atoms with Crippen LogP contribution in [0.3, 0.4) is 0 Å². The molecule has 0 saturated heterocycles. The summed E-state index contributed by atoms with van der Waals surface area (Å²) in [6, 6.07) is 9.40. The minimum atomic E-state index is -0.221. The van der Waals surface area contributed by atoms with Crippen molar-refractivity contribution in [1.82, 2.24) is 49.8 Å². The highest BCUT2D eigenvalue weighted by Crippen LogP contribution is 2.48. The van der Waals surface area contributed by atoms with Crippen molar-refractivity contribution in [3.05, 3.63) is 76.5 Å². The number of hydrogen-bond donors (Lipinski definition) is 2. The second-order valence-corrected chi connectivity index (χ2v) is 8.83. The number of rotatable bonds is 3. The molecule has 5 aromatic heterocycles. The third kappa shape index (κ3) is 3.05. The molecule has 0 spiro atoms. The standard InChI is InChI=1S/C23H17ClN10O/c1-11-17-18(13-8-26-33(2)9-13)19-21-27-20(32-34(21)10-25-22(19)35-23(17)31-28-11)16-7-15(29-30-16)12-3-5-14(24)6-4-12/h3-10,18H,1-2H3,(H,28,31)(H,29,30)/t18-/m0/s1. The Kier molecular flexibility index (Phi) is 4.12. The molecule has 7 rings (SSSR count). The van der Waals surface area contributed by atoms with Crippen molar-refractivity contribution in [2.24, 2.45) is 7.05 Å². The number of H-pyrrole nitrogens is 2. The Morgan fingerprint density at radius 2 is 1.91 bits per heavy atom. The van der Waals surface area contributed by atoms with Gasteiger partial charge in [0.05, 0.1) is 23.4 Å². The molecule has 172 valence electrons. The number of aromatic amines is 2. The molecule has 35 heavy (non-hydrogen) atoms. The topological polar surface area (TPSA) is 127 Å². The van der Waals surface area contributed by atoms with Crippen LogP contribution in [-0.2, 0) is 7.05 Å². The van der Waals surface area contributed by atoms with Crippen LogP contribution in [-0.4, -0.2) is 49.8 Å². The highest BCUT2D eigenvalue weighted by molar-refractivity contribution is 6.30. The monoisotopic (exact) mass is 484 g/mol. The normalized spacial score (nSPS) is 14.7. The number of nitrogens with one attached hydrogen (secondary N) is 2. The van der Waals surface area contributed by atoms with Gasteiger partial charge in [0, 0.05) is 40.7 Å². The molecule has 1 atom stereocenters. The fourth-order valence-electron chi connectivity index (χ4n) is 4.50. The van der Waals surface area contributed by atoms with Crippen LogP contribution < -0.4 is 4.74 Å². The fraction of sp³-hybridized carbons (Fsp3) is 0.130. The smallest absolute Gasteiger partial charge is 0.244 e. The van der Waals surface area contributed by atoms with Gasteiger partial charge in [0.1, 0.15) is 12.0 Å². The fourth-order valence-corrected chi connectivity index (χ4v) is 4.63. The lowest BCUT2D eigenvalue weighted by atomic mass is 9.86. The molecule has 0 saturated carbocycles. The van der Waals surface area contributed by atoms with Crippen LogP contribution in [0.5, 0.6) is 11.8 Å². The average Bonchev–Trinajstić information content (AvgIpc) is 3.65. The summed E-state index contributed by atoms with van der Waals surface area (Å²) in [4.78, 5) is 9.39. The van der Waals surface area contributed by atoms with Crippen LogP contribution in [0.1, 0.15) is 28.3 Å². The molecular weight excluding hydrogens is 468 g/mol. The zero-order valence-electron chi connectivity index (χ0n) is 18.6. The van der Waals surface area contributed by atoms with Crippen LogP contribution in [0.4, 0.5) is 0 Å². The van der Waals surface area contributed by atoms with Crippen molar-refractivity contribution in [2.75, 3.05) is 0 Å². The molecule has 2 N–H and O–H groups in total. The van der Waals surface area contributed by atoms with E-state index in [1.807, 2.05) is 56.7 Å². The van der Waals surface area contributed by atoms with Gasteiger partial charge < -0.3 is 4.74 Å². The summed E-state index contributed by atoms with van der Waals surface area (Å²) >= 11 is 6.02. The van der Waals surface area contributed by atoms with Crippen molar-refractivity contribution in [3.8, 4) is 34.5 Å². The van der Waals surface area contributed by atoms with E-state index in [2.05, 4.69) is 35.6 Å². The molecule has 11 nitrogen and oxygen atoms in total. The molecule has 0 unspecified atom stereocenters. The lowest BCUT2D eigenvalue weighted by molar-refractivity contribution is 0.416. The summed E-state index contributed by atoms with van der Waals surface area (Å²) in [6.45, 7) is 1.97. The SMILES string of the molecule is Cc1[nH]nc2c1[C@H](c1cnn(C)c1)c1c(ncn3nc(-c4cc(-c5ccc(Cl)cc5)n[nH]4)nc13)O2. The summed E-state index contributed by atoms with van der Waals surface area (Å²) in [7, 11) is 1.89. The average molecular weight is 485 g/mol. The second kappa shape index (κ2) is 7.24. The summed E-state index contributed by atoms with van der Waals surface area (Å²) in [5, 5.41) is 24.5. The Labute approximate surface area is 202 Å². The van der Waals surface area contributed by atoms with E-state index in [1.54, 1.807) is 15.5 Å². The van der Waals surface area contributed by atoms with Crippen LogP contribution in [0.25, 0.3) is 28.4 Å². The lowest BCUT2D eigenvalue weighted by Gasteiger charge is -2.24. The van der Waals surface area contributed by atoms with Gasteiger partial charge in [-0.2, -0.15) is 10.2 Å². The number of benzene rings is 1. The summed E-state index contributed by atoms with van der Waals surface area (Å²) in [6.07, 6.45) is 5.40. The Balaban J connectivity index is 1.38. The maximum Gasteiger partial charge on any atom is 0.244 e. The summed E-state index contributed by atoms with van der Waals surface area (Å²) in [5.74, 6) is 1.21. The molecular formula is C23H17ClN10O. The molecule has 6 heterocycles. The molecule has 0 fully saturated rings. The van der Waals surface area contributed by atoms with Crippen molar-refractivity contribution in [2.45, 2.75) is 12.8 Å². The molecule has 0 bridgehead atoms. The van der Waals surface area contributed by atoms with E-state index >= 15 is 0 Å². The molecule has 0 radical (unpaired) electrons. The molecule has 0 aliphatic carbocycles. The zero-order chi connectivity index (χ0) is 23.7. The second-order valence-electron chi connectivity index (χ2n) is 8.39. The number of ether oxygens (including phenoxy) is 1. The van der Waals surface area contributed by atoms with Crippen LogP contribution in [0.15, 0.2) is 49.1 Å². The van der Waals surface area contributed by atoms with E-state index in [4.69, 9.17) is 21.3 Å². The first kappa shape index (κ1) is 19.9. The van der Waals surface area contributed by atoms with E-state index in [9.17, 15) is 0 Å². The summed E-state index contributed by atoms with van der Waals surface area (Å²) in [5.41, 5.74) is 6.63. The predicted molar refractivity (Wildman–Crippen MR) is 126 cm³/mol. The van der Waals surface area contributed by atoms with Gasteiger partial charge in [-0.25, -0.2) is 14.5 Å². The molecule has 1 aromatic carbocycles. The molecule has 1 aliphatic heterocycles. The summed E-state index contributed by atoms with van der Waals surface area (Å²) < 4.78 is 9.48. The first-order valence-electron chi connectivity index (χ1n) is 10.8. The first-order chi connectivity index (χ1) is 17.0.